The molecule has 2 aromatic rings. The minimum absolute atomic E-state index is 0.00137. The van der Waals surface area contributed by atoms with Crippen LogP contribution in [0, 0.1) is 5.82 Å². The zero-order chi connectivity index (χ0) is 17.7. The molecule has 0 saturated heterocycles. The van der Waals surface area contributed by atoms with Gasteiger partial charge in [0.05, 0.1) is 4.90 Å². The average Bonchev–Trinajstić information content (AvgIpc) is 2.54. The number of ether oxygens (including phenoxy) is 1. The van der Waals surface area contributed by atoms with Crippen LogP contribution in [0.5, 0.6) is 0 Å². The van der Waals surface area contributed by atoms with Gasteiger partial charge in [-0.3, -0.25) is 4.79 Å². The Hall–Kier alpha value is -1.96. The number of benzene rings is 2. The molecule has 0 aliphatic heterocycles. The number of sulfonamides is 1. The van der Waals surface area contributed by atoms with Crippen LogP contribution < -0.4 is 4.72 Å². The Morgan fingerprint density at radius 1 is 1.17 bits per heavy atom. The van der Waals surface area contributed by atoms with Crippen molar-refractivity contribution >= 4 is 27.6 Å². The van der Waals surface area contributed by atoms with Crippen LogP contribution in [-0.2, 0) is 26.2 Å². The van der Waals surface area contributed by atoms with Gasteiger partial charge in [-0.25, -0.2) is 12.8 Å². The molecular formula is C16H15ClFNO4S. The maximum absolute atomic E-state index is 12.9. The van der Waals surface area contributed by atoms with Gasteiger partial charge in [-0.2, -0.15) is 4.72 Å². The number of hydrogen-bond donors (Lipinski definition) is 1. The number of nitrogens with one attached hydrogen (secondary N) is 1. The van der Waals surface area contributed by atoms with Crippen LogP contribution in [0.2, 0.25) is 5.02 Å². The molecule has 2 aromatic carbocycles. The quantitative estimate of drug-likeness (QED) is 0.792. The Bertz CT molecular complexity index is 807. The molecule has 2 rings (SSSR count). The average molecular weight is 372 g/mol. The van der Waals surface area contributed by atoms with E-state index in [2.05, 4.69) is 4.72 Å². The first-order chi connectivity index (χ1) is 11.3. The monoisotopic (exact) mass is 371 g/mol. The molecule has 1 N–H and O–H groups in total. The van der Waals surface area contributed by atoms with Crippen LogP contribution in [0.1, 0.15) is 12.5 Å². The fourth-order valence-corrected chi connectivity index (χ4v) is 3.14. The van der Waals surface area contributed by atoms with E-state index in [0.29, 0.717) is 5.02 Å². The molecule has 0 fully saturated rings. The van der Waals surface area contributed by atoms with Gasteiger partial charge in [0.25, 0.3) is 0 Å². The Kier molecular flexibility index (Phi) is 5.93. The van der Waals surface area contributed by atoms with Gasteiger partial charge in [-0.05, 0) is 48.9 Å². The lowest BCUT2D eigenvalue weighted by Gasteiger charge is -2.14. The van der Waals surface area contributed by atoms with Gasteiger partial charge in [-0.15, -0.1) is 0 Å². The molecule has 0 aliphatic carbocycles. The van der Waals surface area contributed by atoms with Crippen LogP contribution in [0.4, 0.5) is 4.39 Å². The van der Waals surface area contributed by atoms with E-state index >= 15 is 0 Å². The second-order valence-electron chi connectivity index (χ2n) is 5.03. The lowest BCUT2D eigenvalue weighted by Crippen LogP contribution is -2.39. The summed E-state index contributed by atoms with van der Waals surface area (Å²) in [4.78, 5) is 11.8. The molecule has 0 spiro atoms. The highest BCUT2D eigenvalue weighted by Gasteiger charge is 2.23. The van der Waals surface area contributed by atoms with Crippen LogP contribution in [-0.4, -0.2) is 20.4 Å². The van der Waals surface area contributed by atoms with E-state index in [1.54, 1.807) is 24.3 Å². The molecule has 0 radical (unpaired) electrons. The fraction of sp³-hybridized carbons (Fsp3) is 0.188. The van der Waals surface area contributed by atoms with Crippen molar-refractivity contribution in [2.75, 3.05) is 0 Å². The standard InChI is InChI=1S/C16H15ClFNO4S/c1-11(16(20)23-10-12-2-4-13(17)5-3-12)19-24(21,22)15-8-6-14(18)7-9-15/h2-9,11,19H,10H2,1H3/t11-/m0/s1. The summed E-state index contributed by atoms with van der Waals surface area (Å²) in [6.45, 7) is 1.36. The highest BCUT2D eigenvalue weighted by molar-refractivity contribution is 7.89. The number of hydrogen-bond acceptors (Lipinski definition) is 4. The molecule has 0 bridgehead atoms. The summed E-state index contributed by atoms with van der Waals surface area (Å²) in [5.41, 5.74) is 0.723. The van der Waals surface area contributed by atoms with Crippen molar-refractivity contribution in [1.82, 2.24) is 4.72 Å². The molecule has 1 atom stereocenters. The van der Waals surface area contributed by atoms with Crippen LogP contribution in [0.3, 0.4) is 0 Å². The largest absolute Gasteiger partial charge is 0.460 e. The van der Waals surface area contributed by atoms with Crippen LogP contribution in [0.15, 0.2) is 53.4 Å². The van der Waals surface area contributed by atoms with Gasteiger partial charge in [-0.1, -0.05) is 23.7 Å². The van der Waals surface area contributed by atoms with Gasteiger partial charge in [0.2, 0.25) is 10.0 Å². The van der Waals surface area contributed by atoms with Crippen molar-refractivity contribution in [3.8, 4) is 0 Å². The lowest BCUT2D eigenvalue weighted by atomic mass is 10.2. The molecule has 0 aromatic heterocycles. The second kappa shape index (κ2) is 7.74. The van der Waals surface area contributed by atoms with Crippen molar-refractivity contribution in [2.24, 2.45) is 0 Å². The fourth-order valence-electron chi connectivity index (χ4n) is 1.82. The molecule has 0 unspecified atom stereocenters. The lowest BCUT2D eigenvalue weighted by molar-refractivity contribution is -0.146. The summed E-state index contributed by atoms with van der Waals surface area (Å²) < 4.78 is 44.3. The summed E-state index contributed by atoms with van der Waals surface area (Å²) in [5, 5.41) is 0.561. The molecular weight excluding hydrogens is 357 g/mol. The van der Waals surface area contributed by atoms with E-state index in [4.69, 9.17) is 16.3 Å². The van der Waals surface area contributed by atoms with Crippen molar-refractivity contribution in [3.05, 3.63) is 64.9 Å². The predicted octanol–water partition coefficient (Wildman–Crippen LogP) is 2.89. The van der Waals surface area contributed by atoms with Crippen molar-refractivity contribution < 1.29 is 22.3 Å². The first kappa shape index (κ1) is 18.4. The van der Waals surface area contributed by atoms with E-state index in [-0.39, 0.29) is 11.5 Å². The zero-order valence-electron chi connectivity index (χ0n) is 12.7. The Morgan fingerprint density at radius 3 is 2.33 bits per heavy atom. The summed E-state index contributed by atoms with van der Waals surface area (Å²) in [6, 6.07) is 9.90. The van der Waals surface area contributed by atoms with Crippen molar-refractivity contribution in [1.29, 1.82) is 0 Å². The Morgan fingerprint density at radius 2 is 1.75 bits per heavy atom. The Balaban J connectivity index is 1.95. The molecule has 0 heterocycles. The number of carbonyl (C=O) groups is 1. The number of halogens is 2. The summed E-state index contributed by atoms with van der Waals surface area (Å²) in [5.74, 6) is -1.28. The summed E-state index contributed by atoms with van der Waals surface area (Å²) >= 11 is 5.76. The number of carbonyl (C=O) groups excluding carboxylic acids is 1. The Labute approximate surface area is 144 Å². The number of esters is 1. The topological polar surface area (TPSA) is 72.5 Å². The maximum atomic E-state index is 12.9. The number of rotatable bonds is 6. The van der Waals surface area contributed by atoms with E-state index in [1.165, 1.54) is 6.92 Å². The van der Waals surface area contributed by atoms with E-state index in [9.17, 15) is 17.6 Å². The minimum Gasteiger partial charge on any atom is -0.460 e. The first-order valence-corrected chi connectivity index (χ1v) is 8.83. The summed E-state index contributed by atoms with van der Waals surface area (Å²) in [6.07, 6.45) is 0. The van der Waals surface area contributed by atoms with Crippen LogP contribution >= 0.6 is 11.6 Å². The third-order valence-electron chi connectivity index (χ3n) is 3.10. The molecule has 5 nitrogen and oxygen atoms in total. The van der Waals surface area contributed by atoms with E-state index in [1.807, 2.05) is 0 Å². The first-order valence-electron chi connectivity index (χ1n) is 6.97. The molecule has 0 aliphatic rings. The maximum Gasteiger partial charge on any atom is 0.324 e. The normalized spacial score (nSPS) is 12.6. The van der Waals surface area contributed by atoms with Gasteiger partial charge >= 0.3 is 5.97 Å². The summed E-state index contributed by atoms with van der Waals surface area (Å²) in [7, 11) is -3.94. The highest BCUT2D eigenvalue weighted by atomic mass is 35.5. The minimum atomic E-state index is -3.94. The van der Waals surface area contributed by atoms with Gasteiger partial charge in [0.1, 0.15) is 18.5 Å². The molecule has 8 heteroatoms. The predicted molar refractivity (Wildman–Crippen MR) is 87.4 cm³/mol. The third kappa shape index (κ3) is 5.02. The molecule has 128 valence electrons. The SMILES string of the molecule is C[C@H](NS(=O)(=O)c1ccc(F)cc1)C(=O)OCc1ccc(Cl)cc1. The molecule has 0 saturated carbocycles. The van der Waals surface area contributed by atoms with Gasteiger partial charge in [0.15, 0.2) is 0 Å². The zero-order valence-corrected chi connectivity index (χ0v) is 14.3. The smallest absolute Gasteiger partial charge is 0.324 e. The van der Waals surface area contributed by atoms with Crippen molar-refractivity contribution in [2.45, 2.75) is 24.5 Å². The third-order valence-corrected chi connectivity index (χ3v) is 4.91. The van der Waals surface area contributed by atoms with E-state index in [0.717, 1.165) is 29.8 Å². The highest BCUT2D eigenvalue weighted by Crippen LogP contribution is 2.12. The molecule has 0 amide bonds. The van der Waals surface area contributed by atoms with E-state index < -0.39 is 27.9 Å². The van der Waals surface area contributed by atoms with Gasteiger partial charge < -0.3 is 4.74 Å². The van der Waals surface area contributed by atoms with Crippen molar-refractivity contribution in [3.63, 3.8) is 0 Å². The molecule has 24 heavy (non-hydrogen) atoms. The second-order valence-corrected chi connectivity index (χ2v) is 7.18. The van der Waals surface area contributed by atoms with Gasteiger partial charge in [0, 0.05) is 5.02 Å². The van der Waals surface area contributed by atoms with Crippen LogP contribution in [0.25, 0.3) is 0 Å².